The molecule has 0 amide bonds. The highest BCUT2D eigenvalue weighted by atomic mass is 17.3. The van der Waals surface area contributed by atoms with Crippen LogP contribution < -0.4 is 0 Å². The maximum Gasteiger partial charge on any atom is 0.201 e. The van der Waals surface area contributed by atoms with Crippen molar-refractivity contribution < 1.29 is 53.1 Å². The number of hydrogen-bond donors (Lipinski definition) is 1. The first-order valence-corrected chi connectivity index (χ1v) is 16.9. The molecule has 2 spiro atoms. The Balaban J connectivity index is 0.898. The molecule has 1 N–H and O–H groups in total. The van der Waals surface area contributed by atoms with E-state index in [-0.39, 0.29) is 31.0 Å². The van der Waals surface area contributed by atoms with Gasteiger partial charge in [0.15, 0.2) is 36.4 Å². The first-order chi connectivity index (χ1) is 20.6. The van der Waals surface area contributed by atoms with E-state index in [1.807, 2.05) is 13.8 Å². The molecule has 0 aromatic heterocycles. The van der Waals surface area contributed by atoms with Crippen molar-refractivity contribution >= 4 is 0 Å². The number of hydrogen-bond acceptors (Lipinski definition) is 11. The highest BCUT2D eigenvalue weighted by Crippen LogP contribution is 2.61. The maximum absolute atomic E-state index is 11.0. The molecule has 8 heterocycles. The summed E-state index contributed by atoms with van der Waals surface area (Å²) in [6.07, 6.45) is 5.41. The molecule has 11 nitrogen and oxygen atoms in total. The molecule has 4 bridgehead atoms. The van der Waals surface area contributed by atoms with Gasteiger partial charge in [0.05, 0.1) is 13.2 Å². The maximum atomic E-state index is 11.0. The van der Waals surface area contributed by atoms with Crippen LogP contribution in [0.25, 0.3) is 0 Å². The zero-order valence-electron chi connectivity index (χ0n) is 26.2. The third kappa shape index (κ3) is 4.55. The number of rotatable bonds is 6. The molecule has 10 aliphatic rings. The Hall–Kier alpha value is -0.440. The van der Waals surface area contributed by atoms with Gasteiger partial charge >= 0.3 is 0 Å². The Morgan fingerprint density at radius 3 is 2.02 bits per heavy atom. The summed E-state index contributed by atoms with van der Waals surface area (Å²) in [4.78, 5) is 24.2. The highest BCUT2D eigenvalue weighted by molar-refractivity contribution is 5.10. The van der Waals surface area contributed by atoms with Gasteiger partial charge in [-0.05, 0) is 76.0 Å². The van der Waals surface area contributed by atoms with Gasteiger partial charge in [-0.15, -0.1) is 0 Å². The van der Waals surface area contributed by atoms with E-state index in [9.17, 15) is 5.11 Å². The number of fused-ring (bicyclic) bond motifs is 4. The summed E-state index contributed by atoms with van der Waals surface area (Å²) in [6.45, 7) is 10.7. The van der Waals surface area contributed by atoms with Crippen LogP contribution in [0.4, 0.5) is 0 Å². The SMILES string of the molecule is C[C@H]1[C@@H](OCC(O)CO[C@@H]2C[C@@H]3CC[C@@H](C)[C@@H]4CC[C@@]5(C)OO[C@@]34[C@H](O2)O5)O[C@@H]2O[C@@]3(C)CC[C@H]4[C@H](C)CC[C@@H]1[C@@]24OO3. The first kappa shape index (κ1) is 29.9. The van der Waals surface area contributed by atoms with Crippen LogP contribution in [-0.2, 0) is 48.0 Å². The molecule has 10 fully saturated rings. The van der Waals surface area contributed by atoms with Crippen molar-refractivity contribution in [3.05, 3.63) is 0 Å². The standard InChI is InChI=1S/C32H50O11/c1-17-6-8-20-14-25(36-27-31(20)22(17)10-12-29(4,38-27)40-42-31)34-15-21(33)16-35-26-19(3)24-9-7-18(2)23-11-13-30(5)39-28(37-26)32(23,24)43-41-30/h17-28,33H,6-16H2,1-5H3/t17-,18-,19-,20+,21?,22+,23+,24+,25+,26+,27-,28-,29-,30-,31+,32-/m1/s1. The van der Waals surface area contributed by atoms with E-state index in [1.165, 1.54) is 0 Å². The Morgan fingerprint density at radius 1 is 0.698 bits per heavy atom. The fraction of sp³-hybridized carbons (Fsp3) is 1.00. The predicted molar refractivity (Wildman–Crippen MR) is 147 cm³/mol. The molecule has 43 heavy (non-hydrogen) atoms. The summed E-state index contributed by atoms with van der Waals surface area (Å²) in [6, 6.07) is 0. The summed E-state index contributed by atoms with van der Waals surface area (Å²) < 4.78 is 38.1. The quantitative estimate of drug-likeness (QED) is 0.428. The minimum Gasteiger partial charge on any atom is -0.388 e. The van der Waals surface area contributed by atoms with Crippen LogP contribution in [0.5, 0.6) is 0 Å². The van der Waals surface area contributed by atoms with Crippen molar-refractivity contribution in [1.29, 1.82) is 0 Å². The minimum absolute atomic E-state index is 0.0416. The van der Waals surface area contributed by atoms with Crippen LogP contribution in [0.2, 0.25) is 0 Å². The van der Waals surface area contributed by atoms with E-state index < -0.39 is 54.0 Å². The Labute approximate surface area is 254 Å². The summed E-state index contributed by atoms with van der Waals surface area (Å²) in [7, 11) is 0. The van der Waals surface area contributed by atoms with E-state index in [0.29, 0.717) is 30.1 Å². The predicted octanol–water partition coefficient (Wildman–Crippen LogP) is 4.55. The first-order valence-electron chi connectivity index (χ1n) is 16.9. The lowest BCUT2D eigenvalue weighted by Gasteiger charge is -2.60. The lowest BCUT2D eigenvalue weighted by Crippen LogP contribution is -2.70. The summed E-state index contributed by atoms with van der Waals surface area (Å²) in [5.74, 6) is 0.365. The van der Waals surface area contributed by atoms with Gasteiger partial charge in [0, 0.05) is 37.0 Å². The van der Waals surface area contributed by atoms with Gasteiger partial charge in [0.2, 0.25) is 11.6 Å². The van der Waals surface area contributed by atoms with Crippen LogP contribution in [0, 0.1) is 41.4 Å². The van der Waals surface area contributed by atoms with Gasteiger partial charge in [0.25, 0.3) is 0 Å². The van der Waals surface area contributed by atoms with Crippen LogP contribution in [0.1, 0.15) is 92.4 Å². The van der Waals surface area contributed by atoms with Crippen molar-refractivity contribution in [3.8, 4) is 0 Å². The van der Waals surface area contributed by atoms with Crippen molar-refractivity contribution in [3.63, 3.8) is 0 Å². The molecule has 11 heteroatoms. The van der Waals surface area contributed by atoms with E-state index >= 15 is 0 Å². The second kappa shape index (κ2) is 10.5. The largest absolute Gasteiger partial charge is 0.388 e. The second-order valence-corrected chi connectivity index (χ2v) is 15.4. The van der Waals surface area contributed by atoms with E-state index in [4.69, 9.17) is 48.0 Å². The summed E-state index contributed by atoms with van der Waals surface area (Å²) >= 11 is 0. The van der Waals surface area contributed by atoms with Crippen LogP contribution in [-0.4, -0.2) is 72.4 Å². The van der Waals surface area contributed by atoms with Crippen molar-refractivity contribution in [2.75, 3.05) is 13.2 Å². The molecule has 8 aliphatic heterocycles. The number of aliphatic hydroxyl groups excluding tert-OH is 1. The van der Waals surface area contributed by atoms with Gasteiger partial charge in [-0.25, -0.2) is 19.6 Å². The second-order valence-electron chi connectivity index (χ2n) is 15.4. The number of ether oxygens (including phenoxy) is 6. The molecule has 2 saturated carbocycles. The van der Waals surface area contributed by atoms with Gasteiger partial charge < -0.3 is 33.5 Å². The molecular weight excluding hydrogens is 560 g/mol. The van der Waals surface area contributed by atoms with E-state index in [2.05, 4.69) is 20.8 Å². The van der Waals surface area contributed by atoms with Crippen LogP contribution in [0.15, 0.2) is 0 Å². The molecule has 0 radical (unpaired) electrons. The van der Waals surface area contributed by atoms with Gasteiger partial charge in [0.1, 0.15) is 6.10 Å². The number of aliphatic hydroxyl groups is 1. The minimum atomic E-state index is -0.850. The Kier molecular flexibility index (Phi) is 7.33. The fourth-order valence-corrected chi connectivity index (χ4v) is 10.2. The topological polar surface area (TPSA) is 113 Å². The van der Waals surface area contributed by atoms with E-state index in [0.717, 1.165) is 51.4 Å². The molecule has 0 aromatic carbocycles. The molecule has 0 aromatic rings. The monoisotopic (exact) mass is 610 g/mol. The van der Waals surface area contributed by atoms with E-state index in [1.54, 1.807) is 0 Å². The fourth-order valence-electron chi connectivity index (χ4n) is 10.2. The van der Waals surface area contributed by atoms with Crippen molar-refractivity contribution in [2.24, 2.45) is 41.4 Å². The van der Waals surface area contributed by atoms with Crippen LogP contribution >= 0.6 is 0 Å². The zero-order valence-corrected chi connectivity index (χ0v) is 26.2. The van der Waals surface area contributed by atoms with Crippen molar-refractivity contribution in [1.82, 2.24) is 0 Å². The Bertz CT molecular complexity index is 1060. The molecular formula is C32H50O11. The smallest absolute Gasteiger partial charge is 0.201 e. The average molecular weight is 611 g/mol. The molecule has 8 saturated heterocycles. The lowest BCUT2D eigenvalue weighted by atomic mass is 9.58. The zero-order chi connectivity index (χ0) is 29.8. The van der Waals surface area contributed by atoms with Gasteiger partial charge in [-0.3, -0.25) is 0 Å². The van der Waals surface area contributed by atoms with Gasteiger partial charge in [-0.2, -0.15) is 0 Å². The highest BCUT2D eigenvalue weighted by Gasteiger charge is 2.70. The summed E-state index contributed by atoms with van der Waals surface area (Å²) in [5.41, 5.74) is -1.24. The summed E-state index contributed by atoms with van der Waals surface area (Å²) in [5, 5.41) is 11.0. The van der Waals surface area contributed by atoms with Gasteiger partial charge in [-0.1, -0.05) is 20.8 Å². The normalized spacial score (nSPS) is 57.8. The van der Waals surface area contributed by atoms with Crippen LogP contribution in [0.3, 0.4) is 0 Å². The molecule has 16 atom stereocenters. The molecule has 1 unspecified atom stereocenters. The average Bonchev–Trinajstić information content (AvgIpc) is 3.35. The van der Waals surface area contributed by atoms with Crippen molar-refractivity contribution in [2.45, 2.75) is 146 Å². The Morgan fingerprint density at radius 2 is 1.30 bits per heavy atom. The molecule has 2 aliphatic carbocycles. The molecule has 10 rings (SSSR count). The lowest BCUT2D eigenvalue weighted by molar-refractivity contribution is -0.577. The molecule has 244 valence electrons. The third-order valence-corrected chi connectivity index (χ3v) is 12.6. The third-order valence-electron chi connectivity index (χ3n) is 12.6.